The highest BCUT2D eigenvalue weighted by atomic mass is 32.2. The summed E-state index contributed by atoms with van der Waals surface area (Å²) in [5, 5.41) is 29.2. The molecule has 8 heteroatoms. The molecule has 23 heavy (non-hydrogen) atoms. The summed E-state index contributed by atoms with van der Waals surface area (Å²) in [5.41, 5.74) is 0.652. The Hall–Kier alpha value is -1.74. The van der Waals surface area contributed by atoms with Gasteiger partial charge in [0, 0.05) is 29.3 Å². The van der Waals surface area contributed by atoms with Gasteiger partial charge in [0.1, 0.15) is 18.0 Å². The number of hydrogen-bond acceptors (Lipinski definition) is 7. The molecule has 0 unspecified atom stereocenters. The van der Waals surface area contributed by atoms with Crippen molar-refractivity contribution in [2.24, 2.45) is 0 Å². The molecule has 2 aromatic rings. The molecule has 1 saturated heterocycles. The molecule has 1 fully saturated rings. The molecule has 0 bridgehead atoms. The number of aliphatic hydroxyl groups is 3. The van der Waals surface area contributed by atoms with Crippen LogP contribution in [0.4, 0.5) is 4.39 Å². The second-order valence-corrected chi connectivity index (χ2v) is 6.28. The van der Waals surface area contributed by atoms with Gasteiger partial charge in [0.15, 0.2) is 5.44 Å². The molecule has 6 nitrogen and oxygen atoms in total. The fourth-order valence-electron chi connectivity index (χ4n) is 2.20. The third-order valence-electron chi connectivity index (χ3n) is 3.48. The summed E-state index contributed by atoms with van der Waals surface area (Å²) in [4.78, 5) is 7.65. The van der Waals surface area contributed by atoms with Gasteiger partial charge in [-0.1, -0.05) is 0 Å². The van der Waals surface area contributed by atoms with Gasteiger partial charge >= 0.3 is 0 Å². The highest BCUT2D eigenvalue weighted by molar-refractivity contribution is 7.99. The van der Waals surface area contributed by atoms with Crippen molar-refractivity contribution in [1.29, 1.82) is 0 Å². The molecule has 4 atom stereocenters. The largest absolute Gasteiger partial charge is 0.475 e. The van der Waals surface area contributed by atoms with Gasteiger partial charge in [-0.25, -0.2) is 4.98 Å². The van der Waals surface area contributed by atoms with Crippen LogP contribution >= 0.6 is 11.8 Å². The van der Waals surface area contributed by atoms with E-state index in [0.717, 1.165) is 0 Å². The highest BCUT2D eigenvalue weighted by Crippen LogP contribution is 2.30. The number of halogens is 1. The number of ether oxygens (including phenoxy) is 1. The van der Waals surface area contributed by atoms with Gasteiger partial charge in [-0.15, -0.1) is 11.8 Å². The molecular weight excluding hydrogens is 323 g/mol. The normalized spacial score (nSPS) is 27.7. The Morgan fingerprint density at radius 2 is 1.91 bits per heavy atom. The molecule has 0 radical (unpaired) electrons. The number of thioether (sulfide) groups is 1. The quantitative estimate of drug-likeness (QED) is 0.713. The molecule has 0 amide bonds. The average Bonchev–Trinajstić information content (AvgIpc) is 2.56. The number of aromatic nitrogens is 2. The van der Waals surface area contributed by atoms with Crippen LogP contribution in [0.5, 0.6) is 5.75 Å². The van der Waals surface area contributed by atoms with Crippen LogP contribution in [0.2, 0.25) is 0 Å². The standard InChI is InChI=1S/C15H15FN2O4S/c16-12-2-1-8(5-18-12)9-3-10(6-17-4-9)22-15-14(21)13(20)11(19)7-23-15/h1-6,11,13-15,19-21H,7H2/t11-,13+,14-,15+/m1/s1. The van der Waals surface area contributed by atoms with E-state index >= 15 is 0 Å². The Labute approximate surface area is 136 Å². The smallest absolute Gasteiger partial charge is 0.212 e. The van der Waals surface area contributed by atoms with Crippen molar-refractivity contribution in [3.63, 3.8) is 0 Å². The predicted molar refractivity (Wildman–Crippen MR) is 82.3 cm³/mol. The number of hydrogen-bond donors (Lipinski definition) is 3. The van der Waals surface area contributed by atoms with Gasteiger partial charge in [0.25, 0.3) is 0 Å². The summed E-state index contributed by atoms with van der Waals surface area (Å²) in [6.45, 7) is 0. The summed E-state index contributed by atoms with van der Waals surface area (Å²) in [7, 11) is 0. The molecule has 122 valence electrons. The van der Waals surface area contributed by atoms with Crippen molar-refractivity contribution in [3.05, 3.63) is 42.7 Å². The Morgan fingerprint density at radius 3 is 2.65 bits per heavy atom. The van der Waals surface area contributed by atoms with Crippen LogP contribution in [-0.2, 0) is 0 Å². The first-order chi connectivity index (χ1) is 11.0. The molecule has 1 aliphatic heterocycles. The van der Waals surface area contributed by atoms with Crippen LogP contribution in [0.15, 0.2) is 36.8 Å². The summed E-state index contributed by atoms with van der Waals surface area (Å²) < 4.78 is 18.5. The Bertz CT molecular complexity index is 673. The van der Waals surface area contributed by atoms with Crippen LogP contribution in [-0.4, -0.2) is 54.8 Å². The van der Waals surface area contributed by atoms with Gasteiger partial charge in [-0.05, 0) is 18.2 Å². The van der Waals surface area contributed by atoms with Crippen molar-refractivity contribution in [3.8, 4) is 16.9 Å². The number of rotatable bonds is 3. The third kappa shape index (κ3) is 3.61. The lowest BCUT2D eigenvalue weighted by Crippen LogP contribution is -2.50. The monoisotopic (exact) mass is 338 g/mol. The molecule has 0 saturated carbocycles. The minimum absolute atomic E-state index is 0.262. The van der Waals surface area contributed by atoms with E-state index in [-0.39, 0.29) is 5.75 Å². The third-order valence-corrected chi connectivity index (χ3v) is 4.72. The van der Waals surface area contributed by atoms with E-state index < -0.39 is 29.7 Å². The zero-order valence-corrected chi connectivity index (χ0v) is 12.7. The summed E-state index contributed by atoms with van der Waals surface area (Å²) in [6, 6.07) is 4.52. The minimum Gasteiger partial charge on any atom is -0.475 e. The van der Waals surface area contributed by atoms with E-state index in [9.17, 15) is 19.7 Å². The fourth-order valence-corrected chi connectivity index (χ4v) is 3.33. The van der Waals surface area contributed by atoms with Crippen molar-refractivity contribution in [2.45, 2.75) is 23.7 Å². The van der Waals surface area contributed by atoms with Gasteiger partial charge in [-0.2, -0.15) is 4.39 Å². The second kappa shape index (κ2) is 6.79. The van der Waals surface area contributed by atoms with Crippen LogP contribution in [0.25, 0.3) is 11.1 Å². The molecule has 0 aliphatic carbocycles. The average molecular weight is 338 g/mol. The summed E-state index contributed by atoms with van der Waals surface area (Å²) in [6.07, 6.45) is 1.01. The van der Waals surface area contributed by atoms with Gasteiger partial charge < -0.3 is 20.1 Å². The fraction of sp³-hybridized carbons (Fsp3) is 0.333. The first-order valence-electron chi connectivity index (χ1n) is 6.94. The number of nitrogens with zero attached hydrogens (tertiary/aromatic N) is 2. The van der Waals surface area contributed by atoms with E-state index in [4.69, 9.17) is 4.74 Å². The van der Waals surface area contributed by atoms with Gasteiger partial charge in [-0.3, -0.25) is 4.98 Å². The zero-order valence-electron chi connectivity index (χ0n) is 11.9. The lowest BCUT2D eigenvalue weighted by atomic mass is 10.1. The van der Waals surface area contributed by atoms with E-state index in [0.29, 0.717) is 16.9 Å². The molecule has 3 N–H and O–H groups in total. The van der Waals surface area contributed by atoms with Crippen molar-refractivity contribution >= 4 is 11.8 Å². The lowest BCUT2D eigenvalue weighted by Gasteiger charge is -2.34. The van der Waals surface area contributed by atoms with E-state index in [1.807, 2.05) is 0 Å². The highest BCUT2D eigenvalue weighted by Gasteiger charge is 2.38. The molecular formula is C15H15FN2O4S. The SMILES string of the molecule is O[C@@H]1[C@@H](O)[C@@H](Oc2cncc(-c3ccc(F)nc3)c2)SC[C@H]1O. The minimum atomic E-state index is -1.25. The Kier molecular flexibility index (Phi) is 4.76. The van der Waals surface area contributed by atoms with E-state index in [1.165, 1.54) is 30.2 Å². The van der Waals surface area contributed by atoms with Crippen LogP contribution in [0.1, 0.15) is 0 Å². The molecule has 0 aromatic carbocycles. The maximum Gasteiger partial charge on any atom is 0.212 e. The second-order valence-electron chi connectivity index (χ2n) is 5.15. The lowest BCUT2D eigenvalue weighted by molar-refractivity contribution is -0.0786. The van der Waals surface area contributed by atoms with Crippen LogP contribution in [0, 0.1) is 5.95 Å². The topological polar surface area (TPSA) is 95.7 Å². The Balaban J connectivity index is 1.76. The first-order valence-corrected chi connectivity index (χ1v) is 7.99. The summed E-state index contributed by atoms with van der Waals surface area (Å²) in [5.74, 6) is 0.0908. The van der Waals surface area contributed by atoms with Gasteiger partial charge in [0.2, 0.25) is 5.95 Å². The maximum absolute atomic E-state index is 12.9. The molecule has 2 aromatic heterocycles. The maximum atomic E-state index is 12.9. The van der Waals surface area contributed by atoms with Crippen molar-refractivity contribution in [2.75, 3.05) is 5.75 Å². The number of pyridine rings is 2. The van der Waals surface area contributed by atoms with E-state index in [2.05, 4.69) is 9.97 Å². The van der Waals surface area contributed by atoms with Crippen molar-refractivity contribution < 1.29 is 24.4 Å². The molecule has 3 heterocycles. The van der Waals surface area contributed by atoms with Crippen molar-refractivity contribution in [1.82, 2.24) is 9.97 Å². The van der Waals surface area contributed by atoms with Gasteiger partial charge in [0.05, 0.1) is 12.3 Å². The molecule has 1 aliphatic rings. The predicted octanol–water partition coefficient (Wildman–Crippen LogP) is 0.817. The van der Waals surface area contributed by atoms with Crippen LogP contribution in [0.3, 0.4) is 0 Å². The summed E-state index contributed by atoms with van der Waals surface area (Å²) >= 11 is 1.21. The number of aliphatic hydroxyl groups excluding tert-OH is 3. The first kappa shape index (κ1) is 16.1. The molecule has 3 rings (SSSR count). The zero-order chi connectivity index (χ0) is 16.4. The Morgan fingerprint density at radius 1 is 1.09 bits per heavy atom. The van der Waals surface area contributed by atoms with Crippen LogP contribution < -0.4 is 4.74 Å². The molecule has 0 spiro atoms. The van der Waals surface area contributed by atoms with E-state index in [1.54, 1.807) is 18.3 Å².